The average Bonchev–Trinajstić information content (AvgIpc) is 3.33. The van der Waals surface area contributed by atoms with E-state index < -0.39 is 0 Å². The summed E-state index contributed by atoms with van der Waals surface area (Å²) in [5.41, 5.74) is 6.56. The third-order valence-electron chi connectivity index (χ3n) is 5.59. The smallest absolute Gasteiger partial charge is 0.306 e. The van der Waals surface area contributed by atoms with E-state index >= 15 is 0 Å². The fraction of sp³-hybridized carbons (Fsp3) is 0.409. The summed E-state index contributed by atoms with van der Waals surface area (Å²) in [7, 11) is 1.86. The Kier molecular flexibility index (Phi) is 5.24. The van der Waals surface area contributed by atoms with E-state index in [4.69, 9.17) is 9.47 Å². The molecule has 0 saturated carbocycles. The molecule has 152 valence electrons. The zero-order valence-electron chi connectivity index (χ0n) is 16.9. The largest absolute Gasteiger partial charge is 0.493 e. The van der Waals surface area contributed by atoms with Gasteiger partial charge < -0.3 is 14.6 Å². The number of hydrogen-bond acceptors (Lipinski definition) is 6. The van der Waals surface area contributed by atoms with Crippen molar-refractivity contribution in [3.63, 3.8) is 0 Å². The monoisotopic (exact) mass is 395 g/mol. The maximum atomic E-state index is 12.4. The Bertz CT molecular complexity index is 1070. The van der Waals surface area contributed by atoms with Gasteiger partial charge in [0.2, 0.25) is 0 Å². The van der Waals surface area contributed by atoms with Gasteiger partial charge >= 0.3 is 5.97 Å². The quantitative estimate of drug-likeness (QED) is 0.646. The highest BCUT2D eigenvalue weighted by Crippen LogP contribution is 2.38. The zero-order valence-corrected chi connectivity index (χ0v) is 16.9. The van der Waals surface area contributed by atoms with Crippen LogP contribution in [0.2, 0.25) is 0 Å². The lowest BCUT2D eigenvalue weighted by Gasteiger charge is -2.21. The molecule has 1 aliphatic heterocycles. The second-order valence-corrected chi connectivity index (χ2v) is 7.35. The molecule has 4 rings (SSSR count). The molecule has 0 fully saturated rings. The predicted octanol–water partition coefficient (Wildman–Crippen LogP) is 2.79. The Hall–Kier alpha value is -2.93. The fourth-order valence-corrected chi connectivity index (χ4v) is 4.15. The molecular weight excluding hydrogens is 370 g/mol. The van der Waals surface area contributed by atoms with Crippen molar-refractivity contribution in [2.45, 2.75) is 39.2 Å². The average molecular weight is 395 g/mol. The van der Waals surface area contributed by atoms with Crippen molar-refractivity contribution in [1.82, 2.24) is 15.0 Å². The van der Waals surface area contributed by atoms with Gasteiger partial charge in [-0.2, -0.15) is 0 Å². The molecule has 1 aliphatic rings. The summed E-state index contributed by atoms with van der Waals surface area (Å²) >= 11 is 0. The van der Waals surface area contributed by atoms with Gasteiger partial charge in [-0.1, -0.05) is 17.3 Å². The molecule has 7 nitrogen and oxygen atoms in total. The molecule has 7 heteroatoms. The highest BCUT2D eigenvalue weighted by Gasteiger charge is 2.26. The number of nitrogens with zero attached hydrogens (tertiary/aromatic N) is 3. The minimum absolute atomic E-state index is 0.107. The van der Waals surface area contributed by atoms with Gasteiger partial charge in [0.25, 0.3) is 0 Å². The molecule has 3 aromatic rings. The Morgan fingerprint density at radius 2 is 2.21 bits per heavy atom. The summed E-state index contributed by atoms with van der Waals surface area (Å²) in [4.78, 5) is 12.4. The van der Waals surface area contributed by atoms with Crippen LogP contribution in [0.5, 0.6) is 5.75 Å². The number of hydrogen-bond donors (Lipinski definition) is 1. The van der Waals surface area contributed by atoms with Gasteiger partial charge in [-0.3, -0.25) is 4.79 Å². The highest BCUT2D eigenvalue weighted by atomic mass is 16.5. The molecule has 0 amide bonds. The molecular formula is C22H25N3O4. The Balaban J connectivity index is 1.85. The van der Waals surface area contributed by atoms with Crippen LogP contribution in [0.15, 0.2) is 24.3 Å². The van der Waals surface area contributed by atoms with Crippen LogP contribution in [0, 0.1) is 6.92 Å². The van der Waals surface area contributed by atoms with Crippen molar-refractivity contribution < 1.29 is 19.4 Å². The van der Waals surface area contributed by atoms with Crippen LogP contribution in [0.4, 0.5) is 0 Å². The molecule has 1 aromatic heterocycles. The van der Waals surface area contributed by atoms with Crippen LogP contribution in [-0.2, 0) is 29.6 Å². The number of rotatable bonds is 6. The van der Waals surface area contributed by atoms with Crippen LogP contribution in [0.3, 0.4) is 0 Å². The lowest BCUT2D eigenvalue weighted by molar-refractivity contribution is -0.143. The lowest BCUT2D eigenvalue weighted by atomic mass is 9.84. The molecule has 0 aliphatic carbocycles. The normalized spacial score (nSPS) is 13.9. The molecule has 0 radical (unpaired) electrons. The van der Waals surface area contributed by atoms with E-state index in [0.29, 0.717) is 13.2 Å². The van der Waals surface area contributed by atoms with Crippen LogP contribution < -0.4 is 4.74 Å². The first-order valence-electron chi connectivity index (χ1n) is 9.87. The maximum Gasteiger partial charge on any atom is 0.306 e. The number of ether oxygens (including phenoxy) is 2. The van der Waals surface area contributed by atoms with Gasteiger partial charge in [-0.25, -0.2) is 4.68 Å². The number of aliphatic hydroxyl groups is 1. The van der Waals surface area contributed by atoms with Crippen molar-refractivity contribution >= 4 is 17.0 Å². The van der Waals surface area contributed by atoms with Crippen molar-refractivity contribution in [1.29, 1.82) is 0 Å². The molecule has 2 aromatic carbocycles. The van der Waals surface area contributed by atoms with E-state index in [2.05, 4.69) is 16.4 Å². The van der Waals surface area contributed by atoms with E-state index in [1.54, 1.807) is 11.6 Å². The number of aliphatic hydroxyl groups excluding tert-OH is 1. The minimum atomic E-state index is -0.251. The van der Waals surface area contributed by atoms with Crippen molar-refractivity contribution in [3.8, 4) is 5.75 Å². The van der Waals surface area contributed by atoms with Crippen LogP contribution in [0.25, 0.3) is 11.0 Å². The number of aromatic nitrogens is 3. The topological polar surface area (TPSA) is 86.5 Å². The van der Waals surface area contributed by atoms with Gasteiger partial charge in [-0.15, -0.1) is 5.10 Å². The zero-order chi connectivity index (χ0) is 20.5. The molecule has 1 atom stereocenters. The minimum Gasteiger partial charge on any atom is -0.493 e. The third-order valence-corrected chi connectivity index (χ3v) is 5.59. The summed E-state index contributed by atoms with van der Waals surface area (Å²) in [5, 5.41) is 18.3. The molecule has 0 bridgehead atoms. The summed E-state index contributed by atoms with van der Waals surface area (Å²) in [5.74, 6) is 0.308. The first-order valence-corrected chi connectivity index (χ1v) is 9.87. The van der Waals surface area contributed by atoms with E-state index in [1.165, 1.54) is 0 Å². The van der Waals surface area contributed by atoms with E-state index in [1.807, 2.05) is 32.2 Å². The first-order chi connectivity index (χ1) is 14.0. The van der Waals surface area contributed by atoms with Crippen LogP contribution in [-0.4, -0.2) is 39.3 Å². The maximum absolute atomic E-state index is 12.4. The van der Waals surface area contributed by atoms with Crippen molar-refractivity contribution in [2.75, 3.05) is 13.2 Å². The highest BCUT2D eigenvalue weighted by molar-refractivity contribution is 5.80. The van der Waals surface area contributed by atoms with Crippen LogP contribution in [0.1, 0.15) is 47.1 Å². The van der Waals surface area contributed by atoms with Crippen molar-refractivity contribution in [3.05, 3.63) is 52.1 Å². The van der Waals surface area contributed by atoms with E-state index in [-0.39, 0.29) is 24.9 Å². The number of esters is 1. The molecule has 0 spiro atoms. The summed E-state index contributed by atoms with van der Waals surface area (Å²) in [6, 6.07) is 8.05. The number of fused-ring (bicyclic) bond motifs is 2. The second kappa shape index (κ2) is 7.83. The van der Waals surface area contributed by atoms with Gasteiger partial charge in [0, 0.05) is 24.9 Å². The summed E-state index contributed by atoms with van der Waals surface area (Å²) in [6.45, 7) is 4.66. The molecule has 0 saturated heterocycles. The molecule has 29 heavy (non-hydrogen) atoms. The lowest BCUT2D eigenvalue weighted by Crippen LogP contribution is -2.13. The number of benzene rings is 2. The Morgan fingerprint density at radius 3 is 2.97 bits per heavy atom. The van der Waals surface area contributed by atoms with Gasteiger partial charge in [0.1, 0.15) is 11.3 Å². The number of carbonyl (C=O) groups is 1. The van der Waals surface area contributed by atoms with Gasteiger partial charge in [0.15, 0.2) is 0 Å². The summed E-state index contributed by atoms with van der Waals surface area (Å²) in [6.07, 6.45) is 1.01. The SMILES string of the molecule is CCOC(=O)CC(c1cc(CO)c2c(c1)CCO2)c1ccc2c(nnn2C)c1C. The van der Waals surface area contributed by atoms with Gasteiger partial charge in [0.05, 0.1) is 31.8 Å². The predicted molar refractivity (Wildman–Crippen MR) is 108 cm³/mol. The van der Waals surface area contributed by atoms with E-state index in [0.717, 1.165) is 51.0 Å². The fourth-order valence-electron chi connectivity index (χ4n) is 4.15. The number of aryl methyl sites for hydroxylation is 2. The van der Waals surface area contributed by atoms with E-state index in [9.17, 15) is 9.90 Å². The number of carbonyl (C=O) groups excluding carboxylic acids is 1. The molecule has 2 heterocycles. The Labute approximate surface area is 169 Å². The standard InChI is InChI=1S/C22H25N3O4/c1-4-28-20(27)11-18(15-9-14-7-8-29-22(14)16(10-15)12-26)17-5-6-19-21(13(17)2)23-24-25(19)3/h5-6,9-10,18,26H,4,7-8,11-12H2,1-3H3. The molecule has 1 unspecified atom stereocenters. The van der Waals surface area contributed by atoms with Crippen LogP contribution >= 0.6 is 0 Å². The Morgan fingerprint density at radius 1 is 1.38 bits per heavy atom. The first kappa shape index (κ1) is 19.4. The third kappa shape index (κ3) is 3.46. The second-order valence-electron chi connectivity index (χ2n) is 7.35. The summed E-state index contributed by atoms with van der Waals surface area (Å²) < 4.78 is 12.7. The van der Waals surface area contributed by atoms with Gasteiger partial charge in [-0.05, 0) is 48.2 Å². The molecule has 1 N–H and O–H groups in total. The van der Waals surface area contributed by atoms with Crippen molar-refractivity contribution in [2.24, 2.45) is 7.05 Å².